The average Bonchev–Trinajstić information content (AvgIpc) is 3.13. The van der Waals surface area contributed by atoms with Crippen LogP contribution in [0.25, 0.3) is 0 Å². The number of carbonyl (C=O) groups is 2. The van der Waals surface area contributed by atoms with Crippen LogP contribution in [0.15, 0.2) is 35.4 Å². The standard InChI is InChI=1S/C23H25NO5/c1-12-16-8-9-23(3,27)17-10-18(13(2)19(17)20(16)29-21(12)25)28-22(26)15-6-4-14(11-24)5-7-15/h4-7,12,16-18,20,27H,8-10H2,1-3H3/t12-,16-,17?,18-,20-,23+/m0/s1. The van der Waals surface area contributed by atoms with E-state index in [0.29, 0.717) is 24.0 Å². The Hall–Kier alpha value is -2.65. The van der Waals surface area contributed by atoms with Crippen molar-refractivity contribution in [2.75, 3.05) is 0 Å². The predicted octanol–water partition coefficient (Wildman–Crippen LogP) is 3.14. The fourth-order valence-corrected chi connectivity index (χ4v) is 5.09. The Morgan fingerprint density at radius 1 is 1.34 bits per heavy atom. The van der Waals surface area contributed by atoms with Crippen LogP contribution in [0, 0.1) is 29.1 Å². The van der Waals surface area contributed by atoms with Crippen LogP contribution >= 0.6 is 0 Å². The Balaban J connectivity index is 1.62. The topological polar surface area (TPSA) is 96.6 Å². The van der Waals surface area contributed by atoms with Gasteiger partial charge in [0.05, 0.1) is 28.7 Å². The molecule has 1 unspecified atom stereocenters. The first-order valence-electron chi connectivity index (χ1n) is 10.1. The molecule has 0 spiro atoms. The first kappa shape index (κ1) is 19.7. The van der Waals surface area contributed by atoms with Crippen LogP contribution in [-0.2, 0) is 14.3 Å². The Morgan fingerprint density at radius 3 is 2.69 bits per heavy atom. The molecule has 1 N–H and O–H groups in total. The van der Waals surface area contributed by atoms with Gasteiger partial charge in [-0.05, 0) is 68.5 Å². The minimum absolute atomic E-state index is 0.0388. The third kappa shape index (κ3) is 3.24. The summed E-state index contributed by atoms with van der Waals surface area (Å²) in [6.45, 7) is 5.61. The summed E-state index contributed by atoms with van der Waals surface area (Å²) in [5.74, 6) is -1.04. The smallest absolute Gasteiger partial charge is 0.338 e. The molecule has 0 amide bonds. The zero-order valence-corrected chi connectivity index (χ0v) is 16.8. The van der Waals surface area contributed by atoms with Gasteiger partial charge in [-0.15, -0.1) is 0 Å². The molecule has 2 fully saturated rings. The van der Waals surface area contributed by atoms with E-state index < -0.39 is 17.7 Å². The number of rotatable bonds is 2. The second kappa shape index (κ2) is 7.00. The first-order valence-corrected chi connectivity index (χ1v) is 10.1. The van der Waals surface area contributed by atoms with Crippen LogP contribution in [0.1, 0.15) is 56.0 Å². The quantitative estimate of drug-likeness (QED) is 0.610. The van der Waals surface area contributed by atoms with Crippen molar-refractivity contribution in [2.24, 2.45) is 17.8 Å². The zero-order chi connectivity index (χ0) is 20.9. The van der Waals surface area contributed by atoms with Gasteiger partial charge in [-0.25, -0.2) is 4.79 Å². The van der Waals surface area contributed by atoms with Crippen LogP contribution in [-0.4, -0.2) is 34.9 Å². The van der Waals surface area contributed by atoms with E-state index in [1.54, 1.807) is 24.3 Å². The van der Waals surface area contributed by atoms with Crippen molar-refractivity contribution in [2.45, 2.75) is 57.8 Å². The van der Waals surface area contributed by atoms with E-state index in [1.807, 2.05) is 26.8 Å². The van der Waals surface area contributed by atoms with Gasteiger partial charge in [-0.2, -0.15) is 5.26 Å². The highest BCUT2D eigenvalue weighted by Crippen LogP contribution is 2.52. The summed E-state index contributed by atoms with van der Waals surface area (Å²) in [4.78, 5) is 24.8. The molecule has 152 valence electrons. The molecule has 1 aliphatic heterocycles. The minimum atomic E-state index is -0.942. The number of aliphatic hydroxyl groups is 1. The van der Waals surface area contributed by atoms with Gasteiger partial charge in [0, 0.05) is 11.8 Å². The highest BCUT2D eigenvalue weighted by Gasteiger charge is 2.55. The van der Waals surface area contributed by atoms with Crippen molar-refractivity contribution < 1.29 is 24.2 Å². The number of nitriles is 1. The van der Waals surface area contributed by atoms with Crippen LogP contribution < -0.4 is 0 Å². The van der Waals surface area contributed by atoms with Gasteiger partial charge in [-0.1, -0.05) is 6.92 Å². The molecular formula is C23H25NO5. The maximum Gasteiger partial charge on any atom is 0.338 e. The molecule has 1 saturated heterocycles. The summed E-state index contributed by atoms with van der Waals surface area (Å²) in [6, 6.07) is 8.32. The number of ether oxygens (including phenoxy) is 2. The fourth-order valence-electron chi connectivity index (χ4n) is 5.09. The van der Waals surface area contributed by atoms with Gasteiger partial charge >= 0.3 is 11.9 Å². The largest absolute Gasteiger partial charge is 0.457 e. The molecule has 0 bridgehead atoms. The first-order chi connectivity index (χ1) is 13.7. The van der Waals surface area contributed by atoms with Crippen LogP contribution in [0.3, 0.4) is 0 Å². The van der Waals surface area contributed by atoms with Crippen LogP contribution in [0.5, 0.6) is 0 Å². The van der Waals surface area contributed by atoms with Crippen molar-refractivity contribution in [3.05, 3.63) is 46.5 Å². The summed E-state index contributed by atoms with van der Waals surface area (Å²) >= 11 is 0. The number of hydrogen-bond donors (Lipinski definition) is 1. The molecule has 0 radical (unpaired) electrons. The molecule has 2 aliphatic carbocycles. The molecule has 29 heavy (non-hydrogen) atoms. The van der Waals surface area contributed by atoms with Gasteiger partial charge in [0.2, 0.25) is 0 Å². The van der Waals surface area contributed by atoms with Gasteiger partial charge in [0.15, 0.2) is 0 Å². The normalized spacial score (nSPS) is 36.0. The Bertz CT molecular complexity index is 924. The summed E-state index contributed by atoms with van der Waals surface area (Å²) < 4.78 is 11.5. The summed E-state index contributed by atoms with van der Waals surface area (Å²) in [5.41, 5.74) is 1.70. The third-order valence-electron chi connectivity index (χ3n) is 6.95. The molecule has 6 nitrogen and oxygen atoms in total. The molecule has 1 aromatic rings. The fraction of sp³-hybridized carbons (Fsp3) is 0.522. The zero-order valence-electron chi connectivity index (χ0n) is 16.8. The van der Waals surface area contributed by atoms with E-state index in [0.717, 1.165) is 17.6 Å². The predicted molar refractivity (Wildman–Crippen MR) is 104 cm³/mol. The van der Waals surface area contributed by atoms with Crippen molar-refractivity contribution in [3.8, 4) is 6.07 Å². The molecule has 6 heteroatoms. The highest BCUT2D eigenvalue weighted by atomic mass is 16.6. The molecule has 4 rings (SSSR count). The Labute approximate surface area is 170 Å². The van der Waals surface area contributed by atoms with E-state index >= 15 is 0 Å². The van der Waals surface area contributed by atoms with Crippen molar-refractivity contribution in [3.63, 3.8) is 0 Å². The molecule has 1 saturated carbocycles. The molecule has 3 aliphatic rings. The van der Waals surface area contributed by atoms with E-state index in [4.69, 9.17) is 14.7 Å². The monoisotopic (exact) mass is 395 g/mol. The van der Waals surface area contributed by atoms with E-state index in [-0.39, 0.29) is 29.8 Å². The second-order valence-corrected chi connectivity index (χ2v) is 8.72. The molecule has 6 atom stereocenters. The van der Waals surface area contributed by atoms with E-state index in [2.05, 4.69) is 0 Å². The molecule has 1 heterocycles. The molecular weight excluding hydrogens is 370 g/mol. The lowest BCUT2D eigenvalue weighted by molar-refractivity contribution is -0.143. The number of nitrogens with zero attached hydrogens (tertiary/aromatic N) is 1. The van der Waals surface area contributed by atoms with Gasteiger partial charge < -0.3 is 14.6 Å². The summed E-state index contributed by atoms with van der Waals surface area (Å²) in [5, 5.41) is 20.0. The van der Waals surface area contributed by atoms with Crippen molar-refractivity contribution >= 4 is 11.9 Å². The Morgan fingerprint density at radius 2 is 2.03 bits per heavy atom. The number of fused-ring (bicyclic) bond motifs is 3. The second-order valence-electron chi connectivity index (χ2n) is 8.72. The van der Waals surface area contributed by atoms with Gasteiger partial charge in [-0.3, -0.25) is 4.79 Å². The lowest BCUT2D eigenvalue weighted by atomic mass is 9.81. The number of carbonyl (C=O) groups excluding carboxylic acids is 2. The number of benzene rings is 1. The van der Waals surface area contributed by atoms with E-state index in [1.165, 1.54) is 0 Å². The third-order valence-corrected chi connectivity index (χ3v) is 6.95. The maximum atomic E-state index is 12.6. The average molecular weight is 395 g/mol. The maximum absolute atomic E-state index is 12.6. The lowest BCUT2D eigenvalue weighted by Crippen LogP contribution is -2.35. The SMILES string of the molecule is CC1=C2C(C[C@@H]1OC(=O)c1ccc(C#N)cc1)[C@](C)(O)CC[C@H]1[C@H](C)C(=O)O[C@H]21. The molecule has 1 aromatic carbocycles. The lowest BCUT2D eigenvalue weighted by Gasteiger charge is -2.31. The highest BCUT2D eigenvalue weighted by molar-refractivity contribution is 5.89. The summed E-state index contributed by atoms with van der Waals surface area (Å²) in [7, 11) is 0. The number of esters is 2. The van der Waals surface area contributed by atoms with Gasteiger partial charge in [0.25, 0.3) is 0 Å². The molecule has 0 aromatic heterocycles. The van der Waals surface area contributed by atoms with E-state index in [9.17, 15) is 14.7 Å². The van der Waals surface area contributed by atoms with Crippen LogP contribution in [0.2, 0.25) is 0 Å². The summed E-state index contributed by atoms with van der Waals surface area (Å²) in [6.07, 6.45) is 0.958. The Kier molecular flexibility index (Phi) is 4.74. The minimum Gasteiger partial charge on any atom is -0.457 e. The van der Waals surface area contributed by atoms with Crippen molar-refractivity contribution in [1.82, 2.24) is 0 Å². The number of hydrogen-bond acceptors (Lipinski definition) is 6. The van der Waals surface area contributed by atoms with Crippen LogP contribution in [0.4, 0.5) is 0 Å². The van der Waals surface area contributed by atoms with Crippen molar-refractivity contribution in [1.29, 1.82) is 5.26 Å². The van der Waals surface area contributed by atoms with Gasteiger partial charge in [0.1, 0.15) is 12.2 Å².